The fourth-order valence-corrected chi connectivity index (χ4v) is 6.95. The standard InChI is InChI=1S/C37H25N3O/c1-37(2)27-17-9-6-15-25(27)31-28(37)21-20-24-23-14-7-10-18-29(23)40(33(24)31)35-32-26-16-8-11-19-30(26)41-36(32)39-34(38-35)22-12-4-3-5-13-22/h3-21H,1-2H3. The number of fused-ring (bicyclic) bond motifs is 10. The van der Waals surface area contributed by atoms with Crippen molar-refractivity contribution in [1.29, 1.82) is 0 Å². The van der Waals surface area contributed by atoms with E-state index in [1.165, 1.54) is 38.5 Å². The summed E-state index contributed by atoms with van der Waals surface area (Å²) in [5, 5.41) is 4.35. The highest BCUT2D eigenvalue weighted by molar-refractivity contribution is 6.17. The van der Waals surface area contributed by atoms with Gasteiger partial charge in [0.2, 0.25) is 5.71 Å². The first-order valence-electron chi connectivity index (χ1n) is 14.0. The minimum absolute atomic E-state index is 0.111. The summed E-state index contributed by atoms with van der Waals surface area (Å²) in [6.45, 7) is 4.66. The molecular weight excluding hydrogens is 502 g/mol. The van der Waals surface area contributed by atoms with Crippen molar-refractivity contribution in [2.24, 2.45) is 0 Å². The molecule has 1 aliphatic carbocycles. The van der Waals surface area contributed by atoms with E-state index in [1.54, 1.807) is 0 Å². The molecule has 41 heavy (non-hydrogen) atoms. The molecule has 0 fully saturated rings. The molecular formula is C37H25N3O. The predicted octanol–water partition coefficient (Wildman–Crippen LogP) is 9.45. The molecule has 0 atom stereocenters. The van der Waals surface area contributed by atoms with Crippen LogP contribution in [0.2, 0.25) is 0 Å². The number of hydrogen-bond acceptors (Lipinski definition) is 3. The van der Waals surface area contributed by atoms with Crippen LogP contribution in [0.15, 0.2) is 120 Å². The Morgan fingerprint density at radius 2 is 1.37 bits per heavy atom. The Bertz CT molecular complexity index is 2340. The molecule has 8 aromatic rings. The number of hydrogen-bond donors (Lipinski definition) is 0. The number of rotatable bonds is 2. The van der Waals surface area contributed by atoms with Gasteiger partial charge < -0.3 is 4.42 Å². The summed E-state index contributed by atoms with van der Waals surface area (Å²) in [6.07, 6.45) is 0. The van der Waals surface area contributed by atoms with Crippen LogP contribution in [0.1, 0.15) is 25.0 Å². The van der Waals surface area contributed by atoms with Gasteiger partial charge in [-0.1, -0.05) is 117 Å². The van der Waals surface area contributed by atoms with E-state index in [0.29, 0.717) is 11.5 Å². The first kappa shape index (κ1) is 22.6. The molecule has 3 heterocycles. The van der Waals surface area contributed by atoms with E-state index < -0.39 is 0 Å². The van der Waals surface area contributed by atoms with E-state index in [2.05, 4.69) is 103 Å². The Morgan fingerprint density at radius 3 is 2.24 bits per heavy atom. The number of furan rings is 1. The van der Waals surface area contributed by atoms with Crippen LogP contribution in [-0.2, 0) is 5.41 Å². The third-order valence-corrected chi connectivity index (χ3v) is 8.84. The smallest absolute Gasteiger partial charge is 0.233 e. The molecule has 0 radical (unpaired) electrons. The molecule has 0 N–H and O–H groups in total. The van der Waals surface area contributed by atoms with Gasteiger partial charge in [0.05, 0.1) is 16.4 Å². The van der Waals surface area contributed by atoms with Crippen molar-refractivity contribution in [3.63, 3.8) is 0 Å². The van der Waals surface area contributed by atoms with Gasteiger partial charge in [0.1, 0.15) is 5.58 Å². The SMILES string of the molecule is CC1(C)c2ccccc2-c2c1ccc1c3ccccc3n(-c3nc(-c4ccccc4)nc4oc5ccccc5c34)c21. The monoisotopic (exact) mass is 527 g/mol. The van der Waals surface area contributed by atoms with Gasteiger partial charge in [0.15, 0.2) is 11.6 Å². The van der Waals surface area contributed by atoms with Crippen LogP contribution in [0.4, 0.5) is 0 Å². The van der Waals surface area contributed by atoms with Crippen LogP contribution in [-0.4, -0.2) is 14.5 Å². The van der Waals surface area contributed by atoms with E-state index in [0.717, 1.165) is 33.3 Å². The maximum absolute atomic E-state index is 6.39. The Labute approximate surface area is 236 Å². The normalized spacial score (nSPS) is 13.8. The average Bonchev–Trinajstić information content (AvgIpc) is 3.63. The minimum atomic E-state index is -0.111. The fourth-order valence-electron chi connectivity index (χ4n) is 6.95. The van der Waals surface area contributed by atoms with Gasteiger partial charge in [-0.3, -0.25) is 4.57 Å². The molecule has 194 valence electrons. The van der Waals surface area contributed by atoms with Crippen LogP contribution in [0.25, 0.3) is 72.2 Å². The van der Waals surface area contributed by atoms with Crippen molar-refractivity contribution < 1.29 is 4.42 Å². The summed E-state index contributed by atoms with van der Waals surface area (Å²) < 4.78 is 8.76. The molecule has 4 heteroatoms. The molecule has 9 rings (SSSR count). The van der Waals surface area contributed by atoms with Gasteiger partial charge in [-0.05, 0) is 28.8 Å². The average molecular weight is 528 g/mol. The lowest BCUT2D eigenvalue weighted by Gasteiger charge is -2.21. The lowest BCUT2D eigenvalue weighted by molar-refractivity contribution is 0.653. The van der Waals surface area contributed by atoms with Crippen molar-refractivity contribution in [3.8, 4) is 28.3 Å². The number of para-hydroxylation sites is 2. The second kappa shape index (κ2) is 7.92. The Morgan fingerprint density at radius 1 is 0.634 bits per heavy atom. The summed E-state index contributed by atoms with van der Waals surface area (Å²) in [5.74, 6) is 1.48. The van der Waals surface area contributed by atoms with E-state index in [-0.39, 0.29) is 5.41 Å². The molecule has 0 spiro atoms. The quantitative estimate of drug-likeness (QED) is 0.225. The zero-order valence-corrected chi connectivity index (χ0v) is 22.7. The zero-order valence-electron chi connectivity index (χ0n) is 22.7. The highest BCUT2D eigenvalue weighted by Crippen LogP contribution is 2.53. The third-order valence-electron chi connectivity index (χ3n) is 8.84. The topological polar surface area (TPSA) is 43.9 Å². The van der Waals surface area contributed by atoms with E-state index in [4.69, 9.17) is 14.4 Å². The van der Waals surface area contributed by atoms with Crippen molar-refractivity contribution in [2.45, 2.75) is 19.3 Å². The van der Waals surface area contributed by atoms with Gasteiger partial charge in [0.25, 0.3) is 0 Å². The van der Waals surface area contributed by atoms with Gasteiger partial charge in [0, 0.05) is 32.7 Å². The van der Waals surface area contributed by atoms with E-state index >= 15 is 0 Å². The lowest BCUT2D eigenvalue weighted by Crippen LogP contribution is -2.14. The molecule has 0 saturated carbocycles. The third kappa shape index (κ3) is 2.94. The van der Waals surface area contributed by atoms with Crippen molar-refractivity contribution >= 4 is 43.9 Å². The van der Waals surface area contributed by atoms with E-state index in [1.807, 2.05) is 30.3 Å². The Kier molecular flexibility index (Phi) is 4.36. The molecule has 1 aliphatic rings. The van der Waals surface area contributed by atoms with Crippen LogP contribution < -0.4 is 0 Å². The molecule has 0 unspecified atom stereocenters. The van der Waals surface area contributed by atoms with Crippen molar-refractivity contribution in [3.05, 3.63) is 126 Å². The number of benzene rings is 5. The Balaban J connectivity index is 1.52. The van der Waals surface area contributed by atoms with Gasteiger partial charge in [-0.2, -0.15) is 4.98 Å². The van der Waals surface area contributed by atoms with Crippen LogP contribution in [0.3, 0.4) is 0 Å². The number of aromatic nitrogens is 3. The fraction of sp³-hybridized carbons (Fsp3) is 0.0811. The van der Waals surface area contributed by atoms with Crippen molar-refractivity contribution in [2.75, 3.05) is 0 Å². The van der Waals surface area contributed by atoms with Crippen LogP contribution in [0, 0.1) is 0 Å². The van der Waals surface area contributed by atoms with Crippen LogP contribution in [0.5, 0.6) is 0 Å². The summed E-state index contributed by atoms with van der Waals surface area (Å²) >= 11 is 0. The second-order valence-corrected chi connectivity index (χ2v) is 11.4. The summed E-state index contributed by atoms with van der Waals surface area (Å²) in [5.41, 5.74) is 9.77. The molecule has 0 saturated heterocycles. The van der Waals surface area contributed by atoms with Crippen molar-refractivity contribution in [1.82, 2.24) is 14.5 Å². The number of nitrogens with zero attached hydrogens (tertiary/aromatic N) is 3. The largest absolute Gasteiger partial charge is 0.437 e. The summed E-state index contributed by atoms with van der Waals surface area (Å²) in [6, 6.07) is 40.4. The van der Waals surface area contributed by atoms with Gasteiger partial charge in [-0.15, -0.1) is 0 Å². The molecule has 3 aromatic heterocycles. The highest BCUT2D eigenvalue weighted by Gasteiger charge is 2.37. The molecule has 0 amide bonds. The first-order chi connectivity index (χ1) is 20.1. The van der Waals surface area contributed by atoms with Crippen LogP contribution >= 0.6 is 0 Å². The molecule has 5 aromatic carbocycles. The summed E-state index contributed by atoms with van der Waals surface area (Å²) in [4.78, 5) is 10.3. The first-order valence-corrected chi connectivity index (χ1v) is 14.0. The zero-order chi connectivity index (χ0) is 27.3. The summed E-state index contributed by atoms with van der Waals surface area (Å²) in [7, 11) is 0. The Hall–Kier alpha value is -5.22. The van der Waals surface area contributed by atoms with Gasteiger partial charge >= 0.3 is 0 Å². The lowest BCUT2D eigenvalue weighted by atomic mass is 9.82. The minimum Gasteiger partial charge on any atom is -0.437 e. The maximum atomic E-state index is 6.39. The maximum Gasteiger partial charge on any atom is 0.233 e. The van der Waals surface area contributed by atoms with Gasteiger partial charge in [-0.25, -0.2) is 4.98 Å². The molecule has 0 aliphatic heterocycles. The highest BCUT2D eigenvalue weighted by atomic mass is 16.3. The van der Waals surface area contributed by atoms with E-state index in [9.17, 15) is 0 Å². The molecule has 4 nitrogen and oxygen atoms in total. The second-order valence-electron chi connectivity index (χ2n) is 11.4. The predicted molar refractivity (Wildman–Crippen MR) is 167 cm³/mol. The molecule has 0 bridgehead atoms.